The van der Waals surface area contributed by atoms with Crippen molar-refractivity contribution in [3.8, 4) is 5.75 Å². The number of allylic oxidation sites excluding steroid dienone is 2. The maximum absolute atomic E-state index is 13.8. The van der Waals surface area contributed by atoms with Gasteiger partial charge in [0.05, 0.1) is 18.8 Å². The summed E-state index contributed by atoms with van der Waals surface area (Å²) in [4.78, 5) is 14.1. The van der Waals surface area contributed by atoms with Crippen LogP contribution in [0.1, 0.15) is 16.7 Å². The Balaban J connectivity index is 1.53. The van der Waals surface area contributed by atoms with Crippen molar-refractivity contribution in [2.75, 3.05) is 18.5 Å². The second-order valence-electron chi connectivity index (χ2n) is 6.44. The highest BCUT2D eigenvalue weighted by atomic mass is 19.1. The Morgan fingerprint density at radius 1 is 1.27 bits per heavy atom. The fourth-order valence-electron chi connectivity index (χ4n) is 3.29. The molecule has 2 aliphatic heterocycles. The van der Waals surface area contributed by atoms with Crippen molar-refractivity contribution in [2.24, 2.45) is 0 Å². The number of urea groups is 1. The number of para-hydroxylation sites is 1. The lowest BCUT2D eigenvalue weighted by molar-refractivity contribution is 0.232. The maximum atomic E-state index is 13.8. The molecule has 0 saturated heterocycles. The molecule has 0 atom stereocenters. The van der Waals surface area contributed by atoms with E-state index in [4.69, 9.17) is 4.74 Å². The number of fused-ring (bicyclic) bond motifs is 1. The Bertz CT molecular complexity index is 934. The number of carbonyl (C=O) groups excluding carboxylic acids is 1. The average molecular weight is 350 g/mol. The van der Waals surface area contributed by atoms with Crippen molar-refractivity contribution in [2.45, 2.75) is 13.3 Å². The van der Waals surface area contributed by atoms with E-state index in [0.717, 1.165) is 28.9 Å². The van der Waals surface area contributed by atoms with Gasteiger partial charge in [-0.15, -0.1) is 0 Å². The minimum absolute atomic E-state index is 0.174. The molecular weight excluding hydrogens is 331 g/mol. The number of ether oxygens (including phenoxy) is 1. The molecule has 0 radical (unpaired) electrons. The van der Waals surface area contributed by atoms with E-state index in [-0.39, 0.29) is 11.7 Å². The first-order valence-electron chi connectivity index (χ1n) is 8.58. The van der Waals surface area contributed by atoms with Crippen molar-refractivity contribution in [3.63, 3.8) is 0 Å². The van der Waals surface area contributed by atoms with Gasteiger partial charge in [-0.05, 0) is 59.5 Å². The zero-order chi connectivity index (χ0) is 18.1. The monoisotopic (exact) mass is 350 g/mol. The van der Waals surface area contributed by atoms with Crippen molar-refractivity contribution >= 4 is 17.3 Å². The molecule has 2 heterocycles. The van der Waals surface area contributed by atoms with Gasteiger partial charge >= 0.3 is 6.03 Å². The Labute approximate surface area is 151 Å². The van der Waals surface area contributed by atoms with Crippen LogP contribution >= 0.6 is 0 Å². The number of halogens is 1. The van der Waals surface area contributed by atoms with Gasteiger partial charge in [0.25, 0.3) is 0 Å². The summed E-state index contributed by atoms with van der Waals surface area (Å²) in [7, 11) is 0. The third-order valence-electron chi connectivity index (χ3n) is 4.66. The van der Waals surface area contributed by atoms with Gasteiger partial charge in [0, 0.05) is 12.6 Å². The van der Waals surface area contributed by atoms with Gasteiger partial charge in [-0.25, -0.2) is 9.18 Å². The predicted octanol–water partition coefficient (Wildman–Crippen LogP) is 4.51. The number of hydrogen-bond donors (Lipinski definition) is 1. The molecule has 0 aromatic heterocycles. The van der Waals surface area contributed by atoms with Crippen LogP contribution in [0.4, 0.5) is 14.9 Å². The normalized spacial score (nSPS) is 15.3. The van der Waals surface area contributed by atoms with Gasteiger partial charge in [0.2, 0.25) is 0 Å². The number of aryl methyl sites for hydroxylation is 1. The summed E-state index contributed by atoms with van der Waals surface area (Å²) in [6.07, 6.45) is 6.45. The van der Waals surface area contributed by atoms with E-state index in [0.29, 0.717) is 13.2 Å². The Morgan fingerprint density at radius 3 is 2.96 bits per heavy atom. The van der Waals surface area contributed by atoms with Crippen LogP contribution in [0.5, 0.6) is 5.75 Å². The smallest absolute Gasteiger partial charge is 0.326 e. The molecule has 2 amide bonds. The molecule has 4 rings (SSSR count). The van der Waals surface area contributed by atoms with E-state index in [9.17, 15) is 9.18 Å². The third kappa shape index (κ3) is 3.08. The number of nitrogens with zero attached hydrogens (tertiary/aromatic N) is 1. The van der Waals surface area contributed by atoms with Gasteiger partial charge in [-0.1, -0.05) is 18.2 Å². The molecule has 0 saturated carbocycles. The summed E-state index contributed by atoms with van der Waals surface area (Å²) in [5.41, 5.74) is 4.64. The molecule has 2 aromatic carbocycles. The molecule has 0 fully saturated rings. The predicted molar refractivity (Wildman–Crippen MR) is 99.6 cm³/mol. The Kier molecular flexibility index (Phi) is 4.21. The highest BCUT2D eigenvalue weighted by Crippen LogP contribution is 2.32. The lowest BCUT2D eigenvalue weighted by Crippen LogP contribution is -2.33. The molecule has 0 unspecified atom stereocenters. The van der Waals surface area contributed by atoms with Crippen LogP contribution < -0.4 is 10.1 Å². The minimum atomic E-state index is -0.452. The molecule has 0 aliphatic carbocycles. The average Bonchev–Trinajstić information content (AvgIpc) is 3.10. The molecule has 5 heteroatoms. The largest absolute Gasteiger partial charge is 0.493 e. The number of nitrogens with one attached hydrogen (secondary N) is 1. The van der Waals surface area contributed by atoms with Gasteiger partial charge in [0.15, 0.2) is 0 Å². The summed E-state index contributed by atoms with van der Waals surface area (Å²) in [6.45, 7) is 3.19. The molecule has 1 N–H and O–H groups in total. The van der Waals surface area contributed by atoms with E-state index in [1.807, 2.05) is 19.1 Å². The Hall–Kier alpha value is -3.08. The fourth-order valence-corrected chi connectivity index (χ4v) is 3.29. The Morgan fingerprint density at radius 2 is 2.12 bits per heavy atom. The van der Waals surface area contributed by atoms with Crippen molar-refractivity contribution in [1.29, 1.82) is 0 Å². The number of hydrogen-bond acceptors (Lipinski definition) is 2. The maximum Gasteiger partial charge on any atom is 0.326 e. The first-order valence-corrected chi connectivity index (χ1v) is 8.58. The zero-order valence-electron chi connectivity index (χ0n) is 14.5. The SMILES string of the molecule is Cc1cc2c(cc1C1=CC=CN(C(=O)Nc3ccccc3F)C1)CCO2. The van der Waals surface area contributed by atoms with E-state index in [2.05, 4.69) is 17.4 Å². The summed E-state index contributed by atoms with van der Waals surface area (Å²) in [6, 6.07) is 9.99. The first-order chi connectivity index (χ1) is 12.6. The van der Waals surface area contributed by atoms with Crippen molar-refractivity contribution < 1.29 is 13.9 Å². The van der Waals surface area contributed by atoms with Crippen LogP contribution in [0.25, 0.3) is 5.57 Å². The molecule has 4 nitrogen and oxygen atoms in total. The standard InChI is InChI=1S/C21H19FN2O2/c1-14-11-20-15(8-10-26-20)12-17(14)16-5-4-9-24(13-16)21(25)23-19-7-3-2-6-18(19)22/h2-7,9,11-12H,8,10,13H2,1H3,(H,23,25). The third-order valence-corrected chi connectivity index (χ3v) is 4.66. The molecule has 26 heavy (non-hydrogen) atoms. The van der Waals surface area contributed by atoms with Crippen molar-refractivity contribution in [1.82, 2.24) is 4.90 Å². The number of rotatable bonds is 2. The lowest BCUT2D eigenvalue weighted by Gasteiger charge is -2.24. The molecule has 0 bridgehead atoms. The van der Waals surface area contributed by atoms with Gasteiger partial charge in [-0.3, -0.25) is 4.90 Å². The number of amides is 2. The summed E-state index contributed by atoms with van der Waals surface area (Å²) >= 11 is 0. The second kappa shape index (κ2) is 6.67. The summed E-state index contributed by atoms with van der Waals surface area (Å²) in [5.74, 6) is 0.499. The lowest BCUT2D eigenvalue weighted by atomic mass is 9.95. The summed E-state index contributed by atoms with van der Waals surface area (Å²) in [5, 5.41) is 2.62. The molecule has 2 aromatic rings. The topological polar surface area (TPSA) is 41.6 Å². The van der Waals surface area contributed by atoms with E-state index >= 15 is 0 Å². The van der Waals surface area contributed by atoms with Gasteiger partial charge in [-0.2, -0.15) is 0 Å². The number of anilines is 1. The van der Waals surface area contributed by atoms with E-state index in [1.54, 1.807) is 29.3 Å². The molecule has 0 spiro atoms. The van der Waals surface area contributed by atoms with Crippen LogP contribution in [-0.4, -0.2) is 24.1 Å². The van der Waals surface area contributed by atoms with Gasteiger partial charge < -0.3 is 10.1 Å². The van der Waals surface area contributed by atoms with Crippen molar-refractivity contribution in [3.05, 3.63) is 77.3 Å². The first kappa shape index (κ1) is 16.4. The molecular formula is C21H19FN2O2. The van der Waals surface area contributed by atoms with E-state index < -0.39 is 5.82 Å². The highest BCUT2D eigenvalue weighted by molar-refractivity contribution is 5.92. The van der Waals surface area contributed by atoms with Crippen LogP contribution in [0, 0.1) is 12.7 Å². The number of carbonyl (C=O) groups is 1. The molecule has 132 valence electrons. The van der Waals surface area contributed by atoms with E-state index in [1.165, 1.54) is 11.6 Å². The zero-order valence-corrected chi connectivity index (χ0v) is 14.5. The fraction of sp³-hybridized carbons (Fsp3) is 0.190. The van der Waals surface area contributed by atoms with Gasteiger partial charge in [0.1, 0.15) is 11.6 Å². The van der Waals surface area contributed by atoms with Crippen LogP contribution in [-0.2, 0) is 6.42 Å². The minimum Gasteiger partial charge on any atom is -0.493 e. The molecule has 2 aliphatic rings. The second-order valence-corrected chi connectivity index (χ2v) is 6.44. The summed E-state index contributed by atoms with van der Waals surface area (Å²) < 4.78 is 19.4. The highest BCUT2D eigenvalue weighted by Gasteiger charge is 2.21. The van der Waals surface area contributed by atoms with Crippen LogP contribution in [0.15, 0.2) is 54.8 Å². The number of benzene rings is 2. The quantitative estimate of drug-likeness (QED) is 0.866. The van der Waals surface area contributed by atoms with Crippen LogP contribution in [0.2, 0.25) is 0 Å². The van der Waals surface area contributed by atoms with Crippen LogP contribution in [0.3, 0.4) is 0 Å².